The largest absolute Gasteiger partial charge is 0.310 e. The number of para-hydroxylation sites is 2. The maximum Gasteiger partial charge on any atom is 0.0713 e. The molecule has 14 aromatic rings. The summed E-state index contributed by atoms with van der Waals surface area (Å²) in [6, 6.07) is 103. The zero-order valence-corrected chi connectivity index (χ0v) is 41.2. The Hall–Kier alpha value is -9.28. The second-order valence-corrected chi connectivity index (χ2v) is 20.6. The van der Waals surface area contributed by atoms with Crippen LogP contribution in [0.1, 0.15) is 22.3 Å². The van der Waals surface area contributed by atoms with Gasteiger partial charge in [0.2, 0.25) is 0 Å². The van der Waals surface area contributed by atoms with Gasteiger partial charge in [0.1, 0.15) is 0 Å². The molecule has 0 saturated carbocycles. The van der Waals surface area contributed by atoms with Crippen LogP contribution in [0.15, 0.2) is 279 Å². The molecule has 12 aromatic carbocycles. The SMILES string of the molecule is c1ccc(C2(c3ccc(N(c4ccc(-c5cccc(-n6c7ccccc7c7ccccc76)c5)cc4)c4ccc(-c5ccc6sc7ccccc7c6c5)c5ccccc45)cc3)c3ccccc3-c3ccccc32)cc1. The van der Waals surface area contributed by atoms with E-state index in [4.69, 9.17) is 0 Å². The number of benzene rings is 12. The predicted molar refractivity (Wildman–Crippen MR) is 314 cm³/mol. The van der Waals surface area contributed by atoms with Gasteiger partial charge in [0, 0.05) is 53.4 Å². The molecule has 0 aliphatic heterocycles. The smallest absolute Gasteiger partial charge is 0.0713 e. The van der Waals surface area contributed by atoms with Crippen molar-refractivity contribution in [1.82, 2.24) is 4.57 Å². The van der Waals surface area contributed by atoms with Crippen molar-refractivity contribution in [2.45, 2.75) is 5.41 Å². The fourth-order valence-corrected chi connectivity index (χ4v) is 13.5. The second-order valence-electron chi connectivity index (χ2n) is 19.5. The molecule has 2 heterocycles. The number of thiophene rings is 1. The number of anilines is 3. The zero-order chi connectivity index (χ0) is 48.7. The van der Waals surface area contributed by atoms with E-state index in [9.17, 15) is 0 Å². The van der Waals surface area contributed by atoms with Gasteiger partial charge in [-0.15, -0.1) is 11.3 Å². The number of rotatable bonds is 8. The third-order valence-electron chi connectivity index (χ3n) is 15.7. The topological polar surface area (TPSA) is 8.17 Å². The summed E-state index contributed by atoms with van der Waals surface area (Å²) in [5, 5.41) is 7.54. The molecule has 1 aliphatic carbocycles. The van der Waals surface area contributed by atoms with Crippen LogP contribution in [0.5, 0.6) is 0 Å². The second kappa shape index (κ2) is 16.9. The summed E-state index contributed by atoms with van der Waals surface area (Å²) in [6.07, 6.45) is 0. The molecular weight excluding hydrogens is 913 g/mol. The first-order valence-corrected chi connectivity index (χ1v) is 26.3. The molecule has 0 bridgehead atoms. The average Bonchev–Trinajstić information content (AvgIpc) is 4.15. The van der Waals surface area contributed by atoms with Crippen LogP contribution in [-0.2, 0) is 5.41 Å². The van der Waals surface area contributed by atoms with Gasteiger partial charge in [0.25, 0.3) is 0 Å². The molecule has 0 atom stereocenters. The van der Waals surface area contributed by atoms with Crippen molar-refractivity contribution in [3.63, 3.8) is 0 Å². The summed E-state index contributed by atoms with van der Waals surface area (Å²) in [4.78, 5) is 2.45. The van der Waals surface area contributed by atoms with Crippen molar-refractivity contribution in [2.24, 2.45) is 0 Å². The highest BCUT2D eigenvalue weighted by Gasteiger charge is 2.45. The third kappa shape index (κ3) is 6.43. The van der Waals surface area contributed by atoms with Crippen LogP contribution in [0.25, 0.3) is 91.8 Å². The number of nitrogens with zero attached hydrogens (tertiary/aromatic N) is 2. The van der Waals surface area contributed by atoms with E-state index in [1.165, 1.54) is 103 Å². The van der Waals surface area contributed by atoms with E-state index >= 15 is 0 Å². The molecule has 2 aromatic heterocycles. The Kier molecular flexibility index (Phi) is 9.70. The van der Waals surface area contributed by atoms with E-state index in [-0.39, 0.29) is 0 Å². The lowest BCUT2D eigenvalue weighted by atomic mass is 9.68. The van der Waals surface area contributed by atoms with Crippen LogP contribution in [0.3, 0.4) is 0 Å². The van der Waals surface area contributed by atoms with Crippen LogP contribution >= 0.6 is 11.3 Å². The third-order valence-corrected chi connectivity index (χ3v) is 16.8. The first-order chi connectivity index (χ1) is 36.7. The van der Waals surface area contributed by atoms with Crippen molar-refractivity contribution < 1.29 is 0 Å². The molecule has 3 heteroatoms. The number of fused-ring (bicyclic) bond motifs is 10. The molecule has 15 rings (SSSR count). The Morgan fingerprint density at radius 3 is 1.55 bits per heavy atom. The number of aromatic nitrogens is 1. The monoisotopic (exact) mass is 958 g/mol. The molecule has 0 amide bonds. The molecule has 0 unspecified atom stereocenters. The quantitative estimate of drug-likeness (QED) is 0.147. The number of hydrogen-bond acceptors (Lipinski definition) is 2. The van der Waals surface area contributed by atoms with Gasteiger partial charge >= 0.3 is 0 Å². The van der Waals surface area contributed by atoms with E-state index < -0.39 is 5.41 Å². The first-order valence-electron chi connectivity index (χ1n) is 25.5. The fraction of sp³-hybridized carbons (Fsp3) is 0.0141. The van der Waals surface area contributed by atoms with E-state index in [0.717, 1.165) is 28.3 Å². The molecule has 0 radical (unpaired) electrons. The molecule has 2 nitrogen and oxygen atoms in total. The summed E-state index contributed by atoms with van der Waals surface area (Å²) in [5.74, 6) is 0. The lowest BCUT2D eigenvalue weighted by Gasteiger charge is -2.34. The molecular formula is C71H46N2S. The zero-order valence-electron chi connectivity index (χ0n) is 40.4. The van der Waals surface area contributed by atoms with Gasteiger partial charge in [-0.1, -0.05) is 206 Å². The molecule has 0 N–H and O–H groups in total. The van der Waals surface area contributed by atoms with Crippen molar-refractivity contribution in [3.8, 4) is 39.1 Å². The van der Waals surface area contributed by atoms with Gasteiger partial charge in [-0.2, -0.15) is 0 Å². The molecule has 0 saturated heterocycles. The maximum absolute atomic E-state index is 2.45. The van der Waals surface area contributed by atoms with Crippen LogP contribution in [0, 0.1) is 0 Å². The van der Waals surface area contributed by atoms with E-state index in [2.05, 4.69) is 289 Å². The van der Waals surface area contributed by atoms with Gasteiger partial charge in [0.05, 0.1) is 22.1 Å². The van der Waals surface area contributed by atoms with Crippen molar-refractivity contribution in [1.29, 1.82) is 0 Å². The Balaban J connectivity index is 0.889. The number of hydrogen-bond donors (Lipinski definition) is 0. The minimum atomic E-state index is -0.490. The molecule has 74 heavy (non-hydrogen) atoms. The van der Waals surface area contributed by atoms with Crippen LogP contribution in [-0.4, -0.2) is 4.57 Å². The van der Waals surface area contributed by atoms with Crippen molar-refractivity contribution >= 4 is 81.1 Å². The van der Waals surface area contributed by atoms with Gasteiger partial charge in [-0.05, 0) is 134 Å². The summed E-state index contributed by atoms with van der Waals surface area (Å²) < 4.78 is 5.03. The van der Waals surface area contributed by atoms with Crippen molar-refractivity contribution in [2.75, 3.05) is 4.90 Å². The maximum atomic E-state index is 2.45. The summed E-state index contributed by atoms with van der Waals surface area (Å²) >= 11 is 1.86. The first kappa shape index (κ1) is 42.4. The Morgan fingerprint density at radius 2 is 0.851 bits per heavy atom. The average molecular weight is 959 g/mol. The molecule has 0 spiro atoms. The van der Waals surface area contributed by atoms with Gasteiger partial charge in [0.15, 0.2) is 0 Å². The standard InChI is InChI=1S/C71H46N2S/c1-2-18-50(19-3-1)71(64-28-11-6-22-57(64)58-23-7-12-29-65(58)71)51-36-40-53(41-37-51)72(68-43-42-55(56-21-4-5-24-59(56)68)49-35-44-70-63(46-49)62-27-10-15-32-69(62)74-70)52-38-33-47(34-39-52)48-17-16-20-54(45-48)73-66-30-13-8-25-60(66)61-26-9-14-31-67(61)73/h1-46H. The Morgan fingerprint density at radius 1 is 0.311 bits per heavy atom. The lowest BCUT2D eigenvalue weighted by Crippen LogP contribution is -2.28. The molecule has 346 valence electrons. The van der Waals surface area contributed by atoms with E-state index in [1.807, 2.05) is 11.3 Å². The van der Waals surface area contributed by atoms with E-state index in [1.54, 1.807) is 0 Å². The normalized spacial score (nSPS) is 12.7. The highest BCUT2D eigenvalue weighted by molar-refractivity contribution is 7.25. The van der Waals surface area contributed by atoms with Crippen LogP contribution in [0.2, 0.25) is 0 Å². The molecule has 0 fully saturated rings. The lowest BCUT2D eigenvalue weighted by molar-refractivity contribution is 0.768. The minimum absolute atomic E-state index is 0.490. The van der Waals surface area contributed by atoms with Gasteiger partial charge in [-0.3, -0.25) is 0 Å². The highest BCUT2D eigenvalue weighted by atomic mass is 32.1. The summed E-state index contributed by atoms with van der Waals surface area (Å²) in [5.41, 5.74) is 18.8. The van der Waals surface area contributed by atoms with Crippen molar-refractivity contribution in [3.05, 3.63) is 301 Å². The summed E-state index contributed by atoms with van der Waals surface area (Å²) in [7, 11) is 0. The van der Waals surface area contributed by atoms with Crippen LogP contribution in [0.4, 0.5) is 17.1 Å². The fourth-order valence-electron chi connectivity index (χ4n) is 12.5. The highest BCUT2D eigenvalue weighted by Crippen LogP contribution is 2.56. The molecule has 1 aliphatic rings. The minimum Gasteiger partial charge on any atom is -0.310 e. The van der Waals surface area contributed by atoms with Gasteiger partial charge in [-0.25, -0.2) is 0 Å². The van der Waals surface area contributed by atoms with Crippen LogP contribution < -0.4 is 4.90 Å². The summed E-state index contributed by atoms with van der Waals surface area (Å²) in [6.45, 7) is 0. The van der Waals surface area contributed by atoms with E-state index in [0.29, 0.717) is 0 Å². The Labute approximate surface area is 433 Å². The van der Waals surface area contributed by atoms with Gasteiger partial charge < -0.3 is 9.47 Å². The Bertz CT molecular complexity index is 4390. The predicted octanol–water partition coefficient (Wildman–Crippen LogP) is 19.5.